The number of benzene rings is 2. The van der Waals surface area contributed by atoms with Gasteiger partial charge in [-0.25, -0.2) is 5.48 Å². The Morgan fingerprint density at radius 1 is 1.21 bits per heavy atom. The van der Waals surface area contributed by atoms with Gasteiger partial charge in [-0.3, -0.25) is 10.0 Å². The maximum Gasteiger partial charge on any atom is 0.274 e. The zero-order chi connectivity index (χ0) is 13.8. The lowest BCUT2D eigenvalue weighted by Gasteiger charge is -2.09. The normalized spacial score (nSPS) is 10.1. The van der Waals surface area contributed by atoms with Crippen molar-refractivity contribution in [2.75, 3.05) is 7.11 Å². The number of amides is 1. The molecular formula is C14H12ClNO3. The maximum absolute atomic E-state index is 11.2. The topological polar surface area (TPSA) is 58.6 Å². The van der Waals surface area contributed by atoms with Crippen LogP contribution in [0.15, 0.2) is 42.5 Å². The highest BCUT2D eigenvalue weighted by molar-refractivity contribution is 6.31. The fraction of sp³-hybridized carbons (Fsp3) is 0.0714. The summed E-state index contributed by atoms with van der Waals surface area (Å²) in [6, 6.07) is 12.1. The van der Waals surface area contributed by atoms with E-state index >= 15 is 0 Å². The zero-order valence-corrected chi connectivity index (χ0v) is 10.9. The lowest BCUT2D eigenvalue weighted by molar-refractivity contribution is 0.0706. The Labute approximate surface area is 115 Å². The summed E-state index contributed by atoms with van der Waals surface area (Å²) in [5, 5.41) is 9.16. The number of hydroxylamine groups is 1. The van der Waals surface area contributed by atoms with Gasteiger partial charge in [0.1, 0.15) is 5.75 Å². The second kappa shape index (κ2) is 5.73. The second-order valence-corrected chi connectivity index (χ2v) is 4.30. The van der Waals surface area contributed by atoms with Crippen LogP contribution < -0.4 is 10.2 Å². The average molecular weight is 278 g/mol. The van der Waals surface area contributed by atoms with Gasteiger partial charge in [0.25, 0.3) is 5.91 Å². The average Bonchev–Trinajstić information content (AvgIpc) is 2.46. The van der Waals surface area contributed by atoms with Gasteiger partial charge in [0.2, 0.25) is 0 Å². The van der Waals surface area contributed by atoms with Crippen LogP contribution in [-0.2, 0) is 0 Å². The van der Waals surface area contributed by atoms with E-state index in [2.05, 4.69) is 0 Å². The van der Waals surface area contributed by atoms with Crippen molar-refractivity contribution in [1.82, 2.24) is 5.48 Å². The van der Waals surface area contributed by atoms with Crippen molar-refractivity contribution in [3.63, 3.8) is 0 Å². The van der Waals surface area contributed by atoms with Crippen LogP contribution in [0.3, 0.4) is 0 Å². The number of nitrogens with one attached hydrogen (secondary N) is 1. The summed E-state index contributed by atoms with van der Waals surface area (Å²) < 4.78 is 5.28. The molecule has 0 spiro atoms. The SMILES string of the molecule is COc1ccc(Cl)cc1-c1ccc(C(=O)NO)cc1. The van der Waals surface area contributed by atoms with E-state index in [9.17, 15) is 4.79 Å². The molecule has 98 valence electrons. The Bertz CT molecular complexity index is 596. The zero-order valence-electron chi connectivity index (χ0n) is 10.2. The molecule has 5 heteroatoms. The van der Waals surface area contributed by atoms with E-state index in [4.69, 9.17) is 21.5 Å². The monoisotopic (exact) mass is 277 g/mol. The van der Waals surface area contributed by atoms with Crippen LogP contribution in [0.2, 0.25) is 5.02 Å². The second-order valence-electron chi connectivity index (χ2n) is 3.86. The Hall–Kier alpha value is -2.04. The van der Waals surface area contributed by atoms with Gasteiger partial charge in [0.05, 0.1) is 7.11 Å². The molecule has 0 aliphatic carbocycles. The Morgan fingerprint density at radius 3 is 2.47 bits per heavy atom. The number of ether oxygens (including phenoxy) is 1. The summed E-state index contributed by atoms with van der Waals surface area (Å²) in [5.74, 6) is 0.147. The fourth-order valence-corrected chi connectivity index (χ4v) is 1.94. The standard InChI is InChI=1S/C14H12ClNO3/c1-19-13-7-6-11(15)8-12(13)9-2-4-10(5-3-9)14(17)16-18/h2-8,18H,1H3,(H,16,17). The van der Waals surface area contributed by atoms with Crippen molar-refractivity contribution >= 4 is 17.5 Å². The third-order valence-electron chi connectivity index (χ3n) is 2.72. The first-order chi connectivity index (χ1) is 9.15. The van der Waals surface area contributed by atoms with Crippen LogP contribution in [0.1, 0.15) is 10.4 Å². The molecule has 0 aromatic heterocycles. The van der Waals surface area contributed by atoms with Gasteiger partial charge in [-0.15, -0.1) is 0 Å². The van der Waals surface area contributed by atoms with Crippen molar-refractivity contribution in [3.8, 4) is 16.9 Å². The predicted molar refractivity (Wildman–Crippen MR) is 72.7 cm³/mol. The molecule has 0 bridgehead atoms. The molecule has 2 aromatic rings. The lowest BCUT2D eigenvalue weighted by atomic mass is 10.0. The third-order valence-corrected chi connectivity index (χ3v) is 2.96. The molecule has 19 heavy (non-hydrogen) atoms. The molecular weight excluding hydrogens is 266 g/mol. The van der Waals surface area contributed by atoms with E-state index in [1.807, 2.05) is 0 Å². The van der Waals surface area contributed by atoms with Crippen LogP contribution in [0.5, 0.6) is 5.75 Å². The molecule has 0 saturated heterocycles. The van der Waals surface area contributed by atoms with Crippen LogP contribution in [-0.4, -0.2) is 18.2 Å². The van der Waals surface area contributed by atoms with E-state index < -0.39 is 5.91 Å². The van der Waals surface area contributed by atoms with Gasteiger partial charge in [-0.2, -0.15) is 0 Å². The highest BCUT2D eigenvalue weighted by Crippen LogP contribution is 2.32. The van der Waals surface area contributed by atoms with Crippen molar-refractivity contribution in [2.24, 2.45) is 0 Å². The van der Waals surface area contributed by atoms with E-state index in [-0.39, 0.29) is 0 Å². The first kappa shape index (κ1) is 13.4. The molecule has 2 rings (SSSR count). The number of carbonyl (C=O) groups excluding carboxylic acids is 1. The minimum Gasteiger partial charge on any atom is -0.496 e. The van der Waals surface area contributed by atoms with Gasteiger partial charge in [-0.1, -0.05) is 23.7 Å². The number of methoxy groups -OCH3 is 1. The fourth-order valence-electron chi connectivity index (χ4n) is 1.77. The molecule has 2 N–H and O–H groups in total. The van der Waals surface area contributed by atoms with E-state index in [0.29, 0.717) is 16.3 Å². The van der Waals surface area contributed by atoms with Gasteiger partial charge in [-0.05, 0) is 35.9 Å². The van der Waals surface area contributed by atoms with E-state index in [1.165, 1.54) is 0 Å². The van der Waals surface area contributed by atoms with Crippen LogP contribution >= 0.6 is 11.6 Å². The highest BCUT2D eigenvalue weighted by Gasteiger charge is 2.08. The van der Waals surface area contributed by atoms with Crippen molar-refractivity contribution in [2.45, 2.75) is 0 Å². The Kier molecular flexibility index (Phi) is 4.04. The molecule has 0 fully saturated rings. The van der Waals surface area contributed by atoms with Crippen molar-refractivity contribution < 1.29 is 14.7 Å². The van der Waals surface area contributed by atoms with Crippen LogP contribution in [0.4, 0.5) is 0 Å². The van der Waals surface area contributed by atoms with Crippen molar-refractivity contribution in [1.29, 1.82) is 0 Å². The van der Waals surface area contributed by atoms with Crippen molar-refractivity contribution in [3.05, 3.63) is 53.1 Å². The summed E-state index contributed by atoms with van der Waals surface area (Å²) in [7, 11) is 1.58. The summed E-state index contributed by atoms with van der Waals surface area (Å²) in [4.78, 5) is 11.2. The predicted octanol–water partition coefficient (Wildman–Crippen LogP) is 3.13. The molecule has 4 nitrogen and oxygen atoms in total. The first-order valence-corrected chi connectivity index (χ1v) is 5.92. The lowest BCUT2D eigenvalue weighted by Crippen LogP contribution is -2.18. The molecule has 0 unspecified atom stereocenters. The van der Waals surface area contributed by atoms with Gasteiger partial charge in [0.15, 0.2) is 0 Å². The maximum atomic E-state index is 11.2. The van der Waals surface area contributed by atoms with Crippen LogP contribution in [0, 0.1) is 0 Å². The Morgan fingerprint density at radius 2 is 1.89 bits per heavy atom. The smallest absolute Gasteiger partial charge is 0.274 e. The van der Waals surface area contributed by atoms with Crippen LogP contribution in [0.25, 0.3) is 11.1 Å². The minimum absolute atomic E-state index is 0.368. The van der Waals surface area contributed by atoms with Gasteiger partial charge in [0, 0.05) is 16.1 Å². The minimum atomic E-state index is -0.551. The number of hydrogen-bond acceptors (Lipinski definition) is 3. The molecule has 0 radical (unpaired) electrons. The summed E-state index contributed by atoms with van der Waals surface area (Å²) in [6.07, 6.45) is 0. The molecule has 0 aliphatic rings. The number of rotatable bonds is 3. The quantitative estimate of drug-likeness (QED) is 0.669. The Balaban J connectivity index is 2.42. The number of halogens is 1. The van der Waals surface area contributed by atoms with Gasteiger partial charge < -0.3 is 4.74 Å². The summed E-state index contributed by atoms with van der Waals surface area (Å²) >= 11 is 5.98. The molecule has 2 aromatic carbocycles. The number of carbonyl (C=O) groups is 1. The molecule has 1 amide bonds. The van der Waals surface area contributed by atoms with Gasteiger partial charge >= 0.3 is 0 Å². The highest BCUT2D eigenvalue weighted by atomic mass is 35.5. The third kappa shape index (κ3) is 2.86. The molecule has 0 saturated carbocycles. The summed E-state index contributed by atoms with van der Waals surface area (Å²) in [6.45, 7) is 0. The summed E-state index contributed by atoms with van der Waals surface area (Å²) in [5.41, 5.74) is 3.66. The number of hydrogen-bond donors (Lipinski definition) is 2. The first-order valence-electron chi connectivity index (χ1n) is 5.54. The molecule has 0 heterocycles. The van der Waals surface area contributed by atoms with E-state index in [0.717, 1.165) is 11.1 Å². The largest absolute Gasteiger partial charge is 0.496 e. The molecule has 0 aliphatic heterocycles. The van der Waals surface area contributed by atoms with E-state index in [1.54, 1.807) is 55.1 Å². The molecule has 0 atom stereocenters.